The molecular formula is C17H16BrFO2. The van der Waals surface area contributed by atoms with E-state index in [2.05, 4.69) is 15.9 Å². The maximum Gasteiger partial charge on any atom is 0.200 e. The standard InChI is InChI=1S/C17H16BrFO2/c1-10-6-11(2)17(12(3)7-10)15(20)9-21-16-8-13(19)4-5-14(16)18/h4-8H,9H2,1-3H3. The molecule has 0 aliphatic rings. The lowest BCUT2D eigenvalue weighted by atomic mass is 9.97. The first-order valence-electron chi connectivity index (χ1n) is 6.57. The van der Waals surface area contributed by atoms with Gasteiger partial charge in [0, 0.05) is 11.6 Å². The van der Waals surface area contributed by atoms with Crippen molar-refractivity contribution in [2.75, 3.05) is 6.61 Å². The summed E-state index contributed by atoms with van der Waals surface area (Å²) < 4.78 is 19.2. The summed E-state index contributed by atoms with van der Waals surface area (Å²) in [6, 6.07) is 8.08. The van der Waals surface area contributed by atoms with Crippen LogP contribution in [0, 0.1) is 26.6 Å². The number of ketones is 1. The molecule has 2 aromatic rings. The van der Waals surface area contributed by atoms with Crippen LogP contribution in [0.5, 0.6) is 5.75 Å². The zero-order valence-electron chi connectivity index (χ0n) is 12.2. The monoisotopic (exact) mass is 350 g/mol. The van der Waals surface area contributed by atoms with Crippen LogP contribution in [0.4, 0.5) is 4.39 Å². The van der Waals surface area contributed by atoms with Crippen LogP contribution in [0.2, 0.25) is 0 Å². The lowest BCUT2D eigenvalue weighted by molar-refractivity contribution is 0.0919. The Morgan fingerprint density at radius 2 is 1.76 bits per heavy atom. The molecule has 0 radical (unpaired) electrons. The molecule has 2 rings (SSSR count). The molecule has 0 N–H and O–H groups in total. The van der Waals surface area contributed by atoms with Crippen molar-refractivity contribution in [3.63, 3.8) is 0 Å². The molecule has 110 valence electrons. The lowest BCUT2D eigenvalue weighted by Gasteiger charge is -2.12. The van der Waals surface area contributed by atoms with E-state index in [1.165, 1.54) is 12.1 Å². The Labute approximate surface area is 132 Å². The second kappa shape index (κ2) is 6.39. The van der Waals surface area contributed by atoms with Crippen molar-refractivity contribution < 1.29 is 13.9 Å². The highest BCUT2D eigenvalue weighted by Crippen LogP contribution is 2.26. The number of benzene rings is 2. The summed E-state index contributed by atoms with van der Waals surface area (Å²) in [6.07, 6.45) is 0. The van der Waals surface area contributed by atoms with Crippen LogP contribution in [0.1, 0.15) is 27.0 Å². The SMILES string of the molecule is Cc1cc(C)c(C(=O)COc2cc(F)ccc2Br)c(C)c1. The van der Waals surface area contributed by atoms with Gasteiger partial charge in [0.1, 0.15) is 11.6 Å². The molecule has 0 unspecified atom stereocenters. The largest absolute Gasteiger partial charge is 0.484 e. The molecule has 0 bridgehead atoms. The summed E-state index contributed by atoms with van der Waals surface area (Å²) in [5, 5.41) is 0. The molecule has 21 heavy (non-hydrogen) atoms. The van der Waals surface area contributed by atoms with E-state index < -0.39 is 5.82 Å². The third-order valence-electron chi connectivity index (χ3n) is 3.21. The second-order valence-electron chi connectivity index (χ2n) is 5.06. The molecule has 0 amide bonds. The van der Waals surface area contributed by atoms with Crippen LogP contribution in [-0.2, 0) is 0 Å². The normalized spacial score (nSPS) is 10.5. The Morgan fingerprint density at radius 3 is 2.38 bits per heavy atom. The first-order chi connectivity index (χ1) is 9.88. The van der Waals surface area contributed by atoms with Gasteiger partial charge in [0.05, 0.1) is 4.47 Å². The topological polar surface area (TPSA) is 26.3 Å². The highest BCUT2D eigenvalue weighted by molar-refractivity contribution is 9.10. The number of halogens is 2. The molecule has 2 nitrogen and oxygen atoms in total. The van der Waals surface area contributed by atoms with E-state index in [1.807, 2.05) is 32.9 Å². The molecule has 0 aliphatic carbocycles. The predicted octanol–water partition coefficient (Wildman–Crippen LogP) is 4.78. The van der Waals surface area contributed by atoms with Gasteiger partial charge in [-0.3, -0.25) is 4.79 Å². The summed E-state index contributed by atoms with van der Waals surface area (Å²) in [5.41, 5.74) is 3.65. The van der Waals surface area contributed by atoms with Gasteiger partial charge < -0.3 is 4.74 Å². The van der Waals surface area contributed by atoms with Crippen LogP contribution in [0.15, 0.2) is 34.8 Å². The quantitative estimate of drug-likeness (QED) is 0.742. The number of carbonyl (C=O) groups excluding carboxylic acids is 1. The number of aryl methyl sites for hydroxylation is 3. The van der Waals surface area contributed by atoms with E-state index in [4.69, 9.17) is 4.74 Å². The maximum atomic E-state index is 13.2. The first kappa shape index (κ1) is 15.7. The molecule has 0 aromatic heterocycles. The van der Waals surface area contributed by atoms with Gasteiger partial charge in [0.15, 0.2) is 6.61 Å². The summed E-state index contributed by atoms with van der Waals surface area (Å²) in [6.45, 7) is 5.69. The highest BCUT2D eigenvalue weighted by atomic mass is 79.9. The number of rotatable bonds is 4. The smallest absolute Gasteiger partial charge is 0.200 e. The number of ether oxygens (including phenoxy) is 1. The van der Waals surface area contributed by atoms with Crippen molar-refractivity contribution in [2.45, 2.75) is 20.8 Å². The fraction of sp³-hybridized carbons (Fsp3) is 0.235. The molecule has 4 heteroatoms. The summed E-state index contributed by atoms with van der Waals surface area (Å²) in [5.74, 6) is -0.185. The third-order valence-corrected chi connectivity index (χ3v) is 3.86. The van der Waals surface area contributed by atoms with E-state index in [-0.39, 0.29) is 12.4 Å². The Hall–Kier alpha value is -1.68. The van der Waals surface area contributed by atoms with Crippen LogP contribution >= 0.6 is 15.9 Å². The summed E-state index contributed by atoms with van der Waals surface area (Å²) in [4.78, 5) is 12.3. The molecule has 0 saturated carbocycles. The molecular weight excluding hydrogens is 335 g/mol. The minimum absolute atomic E-state index is 0.110. The van der Waals surface area contributed by atoms with Crippen molar-refractivity contribution in [3.8, 4) is 5.75 Å². The lowest BCUT2D eigenvalue weighted by Crippen LogP contribution is -2.15. The van der Waals surface area contributed by atoms with Crippen molar-refractivity contribution in [1.82, 2.24) is 0 Å². The highest BCUT2D eigenvalue weighted by Gasteiger charge is 2.14. The third kappa shape index (κ3) is 3.70. The molecule has 0 spiro atoms. The molecule has 0 saturated heterocycles. The Kier molecular flexibility index (Phi) is 4.78. The molecule has 0 heterocycles. The van der Waals surface area contributed by atoms with Gasteiger partial charge in [0.25, 0.3) is 0 Å². The van der Waals surface area contributed by atoms with E-state index in [9.17, 15) is 9.18 Å². The maximum absolute atomic E-state index is 13.2. The minimum Gasteiger partial charge on any atom is -0.484 e. The number of hydrogen-bond acceptors (Lipinski definition) is 2. The molecule has 0 atom stereocenters. The van der Waals surface area contributed by atoms with Crippen LogP contribution in [-0.4, -0.2) is 12.4 Å². The predicted molar refractivity (Wildman–Crippen MR) is 84.6 cm³/mol. The van der Waals surface area contributed by atoms with Gasteiger partial charge >= 0.3 is 0 Å². The molecule has 0 fully saturated rings. The Bertz CT molecular complexity index is 672. The number of Topliss-reactive ketones (excluding diaryl/α,β-unsaturated/α-hetero) is 1. The number of carbonyl (C=O) groups is 1. The van der Waals surface area contributed by atoms with Gasteiger partial charge in [-0.25, -0.2) is 4.39 Å². The van der Waals surface area contributed by atoms with E-state index in [1.54, 1.807) is 6.07 Å². The van der Waals surface area contributed by atoms with Gasteiger partial charge in [0.2, 0.25) is 5.78 Å². The van der Waals surface area contributed by atoms with Gasteiger partial charge in [-0.05, 0) is 60.0 Å². The summed E-state index contributed by atoms with van der Waals surface area (Å²) >= 11 is 3.27. The molecule has 0 aliphatic heterocycles. The fourth-order valence-corrected chi connectivity index (χ4v) is 2.78. The Balaban J connectivity index is 2.18. The average Bonchev–Trinajstić information content (AvgIpc) is 2.38. The van der Waals surface area contributed by atoms with Gasteiger partial charge in [-0.15, -0.1) is 0 Å². The van der Waals surface area contributed by atoms with E-state index in [0.29, 0.717) is 15.8 Å². The van der Waals surface area contributed by atoms with Crippen molar-refractivity contribution in [1.29, 1.82) is 0 Å². The van der Waals surface area contributed by atoms with Gasteiger partial charge in [-0.1, -0.05) is 17.7 Å². The second-order valence-corrected chi connectivity index (χ2v) is 5.91. The van der Waals surface area contributed by atoms with E-state index in [0.717, 1.165) is 16.7 Å². The average molecular weight is 351 g/mol. The van der Waals surface area contributed by atoms with Gasteiger partial charge in [-0.2, -0.15) is 0 Å². The zero-order valence-corrected chi connectivity index (χ0v) is 13.8. The van der Waals surface area contributed by atoms with Crippen LogP contribution in [0.25, 0.3) is 0 Å². The minimum atomic E-state index is -0.400. The van der Waals surface area contributed by atoms with Crippen molar-refractivity contribution in [3.05, 3.63) is 62.9 Å². The molecule has 2 aromatic carbocycles. The first-order valence-corrected chi connectivity index (χ1v) is 7.36. The van der Waals surface area contributed by atoms with Crippen LogP contribution in [0.3, 0.4) is 0 Å². The Morgan fingerprint density at radius 1 is 1.14 bits per heavy atom. The zero-order chi connectivity index (χ0) is 15.6. The summed E-state index contributed by atoms with van der Waals surface area (Å²) in [7, 11) is 0. The van der Waals surface area contributed by atoms with Crippen LogP contribution < -0.4 is 4.74 Å². The number of hydrogen-bond donors (Lipinski definition) is 0. The fourth-order valence-electron chi connectivity index (χ4n) is 2.42. The van der Waals surface area contributed by atoms with E-state index >= 15 is 0 Å². The van der Waals surface area contributed by atoms with Crippen molar-refractivity contribution in [2.24, 2.45) is 0 Å². The van der Waals surface area contributed by atoms with Crippen molar-refractivity contribution >= 4 is 21.7 Å².